The molecule has 0 radical (unpaired) electrons. The first-order chi connectivity index (χ1) is 9.00. The van der Waals surface area contributed by atoms with Crippen LogP contribution in [-0.2, 0) is 4.74 Å². The molecule has 1 aliphatic rings. The molecule has 0 amide bonds. The zero-order chi connectivity index (χ0) is 13.9. The van der Waals surface area contributed by atoms with Gasteiger partial charge in [0.2, 0.25) is 0 Å². The molecule has 1 fully saturated rings. The average Bonchev–Trinajstić information content (AvgIpc) is 2.39. The Morgan fingerprint density at radius 1 is 1.37 bits per heavy atom. The Balaban J connectivity index is 2.06. The number of hydrogen-bond acceptors (Lipinski definition) is 5. The minimum Gasteiger partial charge on any atom is -0.388 e. The van der Waals surface area contributed by atoms with Gasteiger partial charge in [-0.2, -0.15) is 0 Å². The summed E-state index contributed by atoms with van der Waals surface area (Å²) in [7, 11) is 1.96. The molecule has 0 unspecified atom stereocenters. The lowest BCUT2D eigenvalue weighted by Gasteiger charge is -2.35. The van der Waals surface area contributed by atoms with Crippen molar-refractivity contribution in [3.63, 3.8) is 0 Å². The molecule has 5 nitrogen and oxygen atoms in total. The highest BCUT2D eigenvalue weighted by Crippen LogP contribution is 2.24. The lowest BCUT2D eigenvalue weighted by molar-refractivity contribution is -0.0573. The smallest absolute Gasteiger partial charge is 0.132 e. The Hall–Kier alpha value is -1.20. The van der Waals surface area contributed by atoms with Gasteiger partial charge < -0.3 is 14.7 Å². The van der Waals surface area contributed by atoms with Crippen molar-refractivity contribution in [3.05, 3.63) is 18.1 Å². The second kappa shape index (κ2) is 5.84. The number of likely N-dealkylation sites (N-methyl/N-ethyl adjacent to an activating group) is 1. The third kappa shape index (κ3) is 3.64. The van der Waals surface area contributed by atoms with E-state index in [1.165, 1.54) is 0 Å². The maximum Gasteiger partial charge on any atom is 0.132 e. The summed E-state index contributed by atoms with van der Waals surface area (Å²) in [6, 6.07) is 1.99. The molecule has 1 aliphatic heterocycles. The van der Waals surface area contributed by atoms with Crippen molar-refractivity contribution < 1.29 is 9.84 Å². The second-order valence-corrected chi connectivity index (χ2v) is 5.65. The molecule has 0 spiro atoms. The molecule has 0 bridgehead atoms. The molecule has 1 saturated heterocycles. The van der Waals surface area contributed by atoms with Gasteiger partial charge in [-0.25, -0.2) is 9.97 Å². The lowest BCUT2D eigenvalue weighted by Crippen LogP contribution is -2.46. The summed E-state index contributed by atoms with van der Waals surface area (Å²) in [6.45, 7) is 6.05. The molecule has 1 aromatic heterocycles. The summed E-state index contributed by atoms with van der Waals surface area (Å²) < 4.78 is 5.30. The molecule has 1 N–H and O–H groups in total. The van der Waals surface area contributed by atoms with Crippen LogP contribution in [-0.4, -0.2) is 47.5 Å². The van der Waals surface area contributed by atoms with Crippen LogP contribution in [0.4, 0.5) is 5.82 Å². The first-order valence-corrected chi connectivity index (χ1v) is 6.83. The van der Waals surface area contributed by atoms with Gasteiger partial charge in [0.1, 0.15) is 12.1 Å². The van der Waals surface area contributed by atoms with E-state index < -0.39 is 5.60 Å². The third-order valence-corrected chi connectivity index (χ3v) is 3.61. The second-order valence-electron chi connectivity index (χ2n) is 5.65. The quantitative estimate of drug-likeness (QED) is 0.895. The van der Waals surface area contributed by atoms with E-state index in [1.54, 1.807) is 6.33 Å². The topological polar surface area (TPSA) is 58.5 Å². The molecular weight excluding hydrogens is 242 g/mol. The van der Waals surface area contributed by atoms with Crippen LogP contribution in [0, 0.1) is 0 Å². The Labute approximate surface area is 114 Å². The predicted molar refractivity (Wildman–Crippen MR) is 74.4 cm³/mol. The molecule has 0 aliphatic carbocycles. The SMILES string of the molecule is CC(C)c1cc(N(C)CC2(O)CCOCC2)ncn1. The number of aliphatic hydroxyl groups is 1. The molecule has 0 aromatic carbocycles. The summed E-state index contributed by atoms with van der Waals surface area (Å²) >= 11 is 0. The highest BCUT2D eigenvalue weighted by atomic mass is 16.5. The summed E-state index contributed by atoms with van der Waals surface area (Å²) in [5.74, 6) is 1.24. The number of anilines is 1. The molecule has 2 heterocycles. The minimum absolute atomic E-state index is 0.376. The fourth-order valence-corrected chi connectivity index (χ4v) is 2.32. The van der Waals surface area contributed by atoms with Crippen molar-refractivity contribution in [3.8, 4) is 0 Å². The van der Waals surface area contributed by atoms with E-state index in [9.17, 15) is 5.11 Å². The molecule has 2 rings (SSSR count). The van der Waals surface area contributed by atoms with Crippen molar-refractivity contribution in [2.75, 3.05) is 31.7 Å². The van der Waals surface area contributed by atoms with Crippen LogP contribution in [0.15, 0.2) is 12.4 Å². The fourth-order valence-electron chi connectivity index (χ4n) is 2.32. The fraction of sp³-hybridized carbons (Fsp3) is 0.714. The summed E-state index contributed by atoms with van der Waals surface area (Å²) in [5.41, 5.74) is 0.353. The number of nitrogens with zero attached hydrogens (tertiary/aromatic N) is 3. The van der Waals surface area contributed by atoms with Crippen LogP contribution in [0.5, 0.6) is 0 Å². The van der Waals surface area contributed by atoms with Gasteiger partial charge in [-0.3, -0.25) is 0 Å². The number of rotatable bonds is 4. The summed E-state index contributed by atoms with van der Waals surface area (Å²) in [6.07, 6.45) is 2.95. The predicted octanol–water partition coefficient (Wildman–Crippen LogP) is 1.58. The summed E-state index contributed by atoms with van der Waals surface area (Å²) in [4.78, 5) is 10.6. The Bertz CT molecular complexity index is 417. The largest absolute Gasteiger partial charge is 0.388 e. The monoisotopic (exact) mass is 265 g/mol. The highest BCUT2D eigenvalue weighted by Gasteiger charge is 2.31. The van der Waals surface area contributed by atoms with Crippen LogP contribution in [0.1, 0.15) is 38.3 Å². The maximum atomic E-state index is 10.5. The highest BCUT2D eigenvalue weighted by molar-refractivity contribution is 5.39. The lowest BCUT2D eigenvalue weighted by atomic mass is 9.94. The average molecular weight is 265 g/mol. The van der Waals surface area contributed by atoms with E-state index >= 15 is 0 Å². The molecule has 0 atom stereocenters. The Kier molecular flexibility index (Phi) is 4.37. The van der Waals surface area contributed by atoms with E-state index in [1.807, 2.05) is 18.0 Å². The van der Waals surface area contributed by atoms with Gasteiger partial charge in [0.05, 0.1) is 5.60 Å². The van der Waals surface area contributed by atoms with Crippen LogP contribution in [0.2, 0.25) is 0 Å². The third-order valence-electron chi connectivity index (χ3n) is 3.61. The first kappa shape index (κ1) is 14.2. The van der Waals surface area contributed by atoms with E-state index in [4.69, 9.17) is 4.74 Å². The van der Waals surface area contributed by atoms with E-state index in [0.717, 1.165) is 11.5 Å². The Morgan fingerprint density at radius 2 is 2.05 bits per heavy atom. The van der Waals surface area contributed by atoms with Crippen LogP contribution in [0.25, 0.3) is 0 Å². The van der Waals surface area contributed by atoms with Crippen LogP contribution >= 0.6 is 0 Å². The zero-order valence-corrected chi connectivity index (χ0v) is 12.0. The van der Waals surface area contributed by atoms with Crippen LogP contribution in [0.3, 0.4) is 0 Å². The van der Waals surface area contributed by atoms with Crippen molar-refractivity contribution in [1.29, 1.82) is 0 Å². The molecule has 0 saturated carbocycles. The van der Waals surface area contributed by atoms with Crippen molar-refractivity contribution in [2.45, 2.75) is 38.2 Å². The van der Waals surface area contributed by atoms with Crippen molar-refractivity contribution in [2.24, 2.45) is 0 Å². The molecule has 19 heavy (non-hydrogen) atoms. The number of aromatic nitrogens is 2. The minimum atomic E-state index is -0.671. The van der Waals surface area contributed by atoms with E-state index in [-0.39, 0.29) is 0 Å². The zero-order valence-electron chi connectivity index (χ0n) is 12.0. The van der Waals surface area contributed by atoms with Gasteiger partial charge in [-0.1, -0.05) is 13.8 Å². The Morgan fingerprint density at radius 3 is 2.68 bits per heavy atom. The molecule has 1 aromatic rings. The van der Waals surface area contributed by atoms with Crippen LogP contribution < -0.4 is 4.90 Å². The van der Waals surface area contributed by atoms with Gasteiger partial charge in [0, 0.05) is 51.4 Å². The normalized spacial score (nSPS) is 18.6. The van der Waals surface area contributed by atoms with Gasteiger partial charge in [0.25, 0.3) is 0 Å². The number of ether oxygens (including phenoxy) is 1. The first-order valence-electron chi connectivity index (χ1n) is 6.83. The van der Waals surface area contributed by atoms with Crippen molar-refractivity contribution >= 4 is 5.82 Å². The molecular formula is C14H23N3O2. The maximum absolute atomic E-state index is 10.5. The van der Waals surface area contributed by atoms with E-state index in [0.29, 0.717) is 38.5 Å². The van der Waals surface area contributed by atoms with Crippen molar-refractivity contribution in [1.82, 2.24) is 9.97 Å². The van der Waals surface area contributed by atoms with Gasteiger partial charge >= 0.3 is 0 Å². The number of hydrogen-bond donors (Lipinski definition) is 1. The molecule has 5 heteroatoms. The standard InChI is InChI=1S/C14H23N3O2/c1-11(2)12-8-13(16-10-15-12)17(3)9-14(18)4-6-19-7-5-14/h8,10-11,18H,4-7,9H2,1-3H3. The van der Waals surface area contributed by atoms with Gasteiger partial charge in [0.15, 0.2) is 0 Å². The summed E-state index contributed by atoms with van der Waals surface area (Å²) in [5, 5.41) is 10.5. The van der Waals surface area contributed by atoms with E-state index in [2.05, 4.69) is 23.8 Å². The molecule has 106 valence electrons. The van der Waals surface area contributed by atoms with Gasteiger partial charge in [-0.05, 0) is 5.92 Å². The van der Waals surface area contributed by atoms with Gasteiger partial charge in [-0.15, -0.1) is 0 Å².